The summed E-state index contributed by atoms with van der Waals surface area (Å²) in [5.41, 5.74) is 8.00. The van der Waals surface area contributed by atoms with Crippen LogP contribution in [0.25, 0.3) is 0 Å². The summed E-state index contributed by atoms with van der Waals surface area (Å²) in [6.45, 7) is 2.32. The summed E-state index contributed by atoms with van der Waals surface area (Å²) < 4.78 is 11.3. The molecule has 17 heavy (non-hydrogen) atoms. The number of hydrogen-bond donors (Lipinski definition) is 1. The van der Waals surface area contributed by atoms with E-state index in [2.05, 4.69) is 4.90 Å². The van der Waals surface area contributed by atoms with Gasteiger partial charge < -0.3 is 10.6 Å². The van der Waals surface area contributed by atoms with Crippen LogP contribution >= 0.6 is 11.6 Å². The number of nitrogens with two attached hydrogens (primary N) is 1. The Morgan fingerprint density at radius 2 is 2.06 bits per heavy atom. The van der Waals surface area contributed by atoms with Gasteiger partial charge in [-0.3, -0.25) is 4.21 Å². The van der Waals surface area contributed by atoms with Crippen molar-refractivity contribution in [1.82, 2.24) is 0 Å². The predicted molar refractivity (Wildman–Crippen MR) is 74.3 cm³/mol. The quantitative estimate of drug-likeness (QED) is 0.905. The maximum absolute atomic E-state index is 11.3. The Morgan fingerprint density at radius 1 is 1.35 bits per heavy atom. The number of hydrogen-bond acceptors (Lipinski definition) is 3. The molecule has 1 aromatic carbocycles. The van der Waals surface area contributed by atoms with Gasteiger partial charge >= 0.3 is 0 Å². The second-order valence-electron chi connectivity index (χ2n) is 4.15. The molecular weight excluding hydrogens is 256 g/mol. The van der Waals surface area contributed by atoms with Crippen LogP contribution in [-0.4, -0.2) is 35.3 Å². The van der Waals surface area contributed by atoms with Gasteiger partial charge in [0.25, 0.3) is 0 Å². The third kappa shape index (κ3) is 3.21. The molecule has 1 aliphatic rings. The van der Waals surface area contributed by atoms with E-state index < -0.39 is 10.8 Å². The van der Waals surface area contributed by atoms with Gasteiger partial charge in [0.1, 0.15) is 0 Å². The number of anilines is 1. The van der Waals surface area contributed by atoms with Crippen LogP contribution in [0.4, 0.5) is 5.69 Å². The van der Waals surface area contributed by atoms with E-state index in [1.54, 1.807) is 0 Å². The standard InChI is InChI=1S/C12H17ClN2OS/c13-11-1-2-12(10(9-11)3-4-14)15-5-7-17(16)8-6-15/h1-2,9H,3-8,14H2. The molecular formula is C12H17ClN2OS. The van der Waals surface area contributed by atoms with Crippen molar-refractivity contribution >= 4 is 28.1 Å². The molecule has 0 aromatic heterocycles. The maximum Gasteiger partial charge on any atom is 0.0411 e. The molecule has 0 unspecified atom stereocenters. The van der Waals surface area contributed by atoms with Gasteiger partial charge in [-0.25, -0.2) is 0 Å². The van der Waals surface area contributed by atoms with Crippen molar-refractivity contribution in [2.45, 2.75) is 6.42 Å². The van der Waals surface area contributed by atoms with Crippen molar-refractivity contribution < 1.29 is 4.21 Å². The van der Waals surface area contributed by atoms with E-state index in [9.17, 15) is 4.21 Å². The highest BCUT2D eigenvalue weighted by atomic mass is 35.5. The van der Waals surface area contributed by atoms with E-state index in [1.807, 2.05) is 18.2 Å². The van der Waals surface area contributed by atoms with E-state index in [4.69, 9.17) is 17.3 Å². The zero-order valence-electron chi connectivity index (χ0n) is 9.69. The average molecular weight is 273 g/mol. The molecule has 0 spiro atoms. The summed E-state index contributed by atoms with van der Waals surface area (Å²) in [6.07, 6.45) is 0.829. The fraction of sp³-hybridized carbons (Fsp3) is 0.500. The van der Waals surface area contributed by atoms with E-state index in [1.165, 1.54) is 11.3 Å². The maximum atomic E-state index is 11.3. The Balaban J connectivity index is 2.21. The molecule has 0 atom stereocenters. The summed E-state index contributed by atoms with van der Waals surface area (Å²) in [5, 5.41) is 0.748. The Morgan fingerprint density at radius 3 is 2.71 bits per heavy atom. The molecule has 1 aliphatic heterocycles. The van der Waals surface area contributed by atoms with E-state index in [-0.39, 0.29) is 0 Å². The normalized spacial score (nSPS) is 17.4. The highest BCUT2D eigenvalue weighted by Gasteiger charge is 2.17. The first-order chi connectivity index (χ1) is 8.20. The second-order valence-corrected chi connectivity index (χ2v) is 6.28. The van der Waals surface area contributed by atoms with Crippen LogP contribution < -0.4 is 10.6 Å². The van der Waals surface area contributed by atoms with E-state index in [0.717, 1.165) is 36.0 Å². The Bertz CT molecular complexity index is 415. The average Bonchev–Trinajstić information content (AvgIpc) is 2.31. The first-order valence-electron chi connectivity index (χ1n) is 5.79. The summed E-state index contributed by atoms with van der Waals surface area (Å²) in [4.78, 5) is 2.28. The van der Waals surface area contributed by atoms with Gasteiger partial charge in [-0.1, -0.05) is 11.6 Å². The molecule has 1 aromatic rings. The van der Waals surface area contributed by atoms with Crippen molar-refractivity contribution in [2.24, 2.45) is 5.73 Å². The third-order valence-corrected chi connectivity index (χ3v) is 4.48. The van der Waals surface area contributed by atoms with Gasteiger partial charge in [-0.05, 0) is 36.7 Å². The largest absolute Gasteiger partial charge is 0.369 e. The van der Waals surface area contributed by atoms with Gasteiger partial charge in [0.15, 0.2) is 0 Å². The molecule has 1 heterocycles. The molecule has 0 radical (unpaired) electrons. The summed E-state index contributed by atoms with van der Waals surface area (Å²) in [7, 11) is -0.642. The third-order valence-electron chi connectivity index (χ3n) is 2.97. The van der Waals surface area contributed by atoms with Crippen molar-refractivity contribution in [3.63, 3.8) is 0 Å². The lowest BCUT2D eigenvalue weighted by atomic mass is 10.1. The first kappa shape index (κ1) is 12.9. The molecule has 3 nitrogen and oxygen atoms in total. The van der Waals surface area contributed by atoms with Crippen molar-refractivity contribution in [2.75, 3.05) is 36.0 Å². The second kappa shape index (κ2) is 5.85. The van der Waals surface area contributed by atoms with Gasteiger partial charge in [0, 0.05) is 46.1 Å². The number of benzene rings is 1. The fourth-order valence-corrected chi connectivity index (χ4v) is 3.34. The molecule has 1 fully saturated rings. The number of rotatable bonds is 3. The van der Waals surface area contributed by atoms with Gasteiger partial charge in [0.2, 0.25) is 0 Å². The molecule has 0 bridgehead atoms. The van der Waals surface area contributed by atoms with Crippen LogP contribution in [0.5, 0.6) is 0 Å². The lowest BCUT2D eigenvalue weighted by molar-refractivity contribution is 0.673. The Kier molecular flexibility index (Phi) is 4.42. The fourth-order valence-electron chi connectivity index (χ4n) is 2.10. The van der Waals surface area contributed by atoms with Gasteiger partial charge in [-0.2, -0.15) is 0 Å². The van der Waals surface area contributed by atoms with Gasteiger partial charge in [-0.15, -0.1) is 0 Å². The molecule has 2 rings (SSSR count). The van der Waals surface area contributed by atoms with Crippen LogP contribution in [0, 0.1) is 0 Å². The van der Waals surface area contributed by atoms with Crippen LogP contribution in [0.3, 0.4) is 0 Å². The van der Waals surface area contributed by atoms with E-state index >= 15 is 0 Å². The first-order valence-corrected chi connectivity index (χ1v) is 7.65. The van der Waals surface area contributed by atoms with Crippen LogP contribution in [0.2, 0.25) is 5.02 Å². The van der Waals surface area contributed by atoms with Crippen molar-refractivity contribution in [1.29, 1.82) is 0 Å². The molecule has 5 heteroatoms. The molecule has 1 saturated heterocycles. The van der Waals surface area contributed by atoms with Crippen LogP contribution in [-0.2, 0) is 17.2 Å². The zero-order valence-corrected chi connectivity index (χ0v) is 11.3. The lowest BCUT2D eigenvalue weighted by Crippen LogP contribution is -2.38. The van der Waals surface area contributed by atoms with E-state index in [0.29, 0.717) is 6.54 Å². The van der Waals surface area contributed by atoms with Crippen molar-refractivity contribution in [3.8, 4) is 0 Å². The predicted octanol–water partition coefficient (Wildman–Crippen LogP) is 1.41. The molecule has 0 saturated carbocycles. The van der Waals surface area contributed by atoms with Gasteiger partial charge in [0.05, 0.1) is 0 Å². The molecule has 0 amide bonds. The topological polar surface area (TPSA) is 46.3 Å². The Labute approximate surface area is 109 Å². The minimum absolute atomic E-state index is 0.618. The number of nitrogens with zero attached hydrogens (tertiary/aromatic N) is 1. The SMILES string of the molecule is NCCc1cc(Cl)ccc1N1CCS(=O)CC1. The summed E-state index contributed by atoms with van der Waals surface area (Å²) >= 11 is 6.01. The highest BCUT2D eigenvalue weighted by Crippen LogP contribution is 2.25. The minimum Gasteiger partial charge on any atom is -0.369 e. The molecule has 94 valence electrons. The van der Waals surface area contributed by atoms with Crippen LogP contribution in [0.1, 0.15) is 5.56 Å². The zero-order chi connectivity index (χ0) is 12.3. The molecule has 0 aliphatic carbocycles. The smallest absolute Gasteiger partial charge is 0.0411 e. The monoisotopic (exact) mass is 272 g/mol. The lowest BCUT2D eigenvalue weighted by Gasteiger charge is -2.30. The molecule has 2 N–H and O–H groups in total. The summed E-state index contributed by atoms with van der Waals surface area (Å²) in [6, 6.07) is 5.93. The minimum atomic E-state index is -0.642. The highest BCUT2D eigenvalue weighted by molar-refractivity contribution is 7.85. The Hall–Kier alpha value is -0.580. The number of halogens is 1. The summed E-state index contributed by atoms with van der Waals surface area (Å²) in [5.74, 6) is 1.51. The van der Waals surface area contributed by atoms with Crippen LogP contribution in [0.15, 0.2) is 18.2 Å². The van der Waals surface area contributed by atoms with Crippen molar-refractivity contribution in [3.05, 3.63) is 28.8 Å².